The number of hydrogen-bond donors (Lipinski definition) is 0. The molecule has 0 spiro atoms. The van der Waals surface area contributed by atoms with Gasteiger partial charge >= 0.3 is 0 Å². The smallest absolute Gasteiger partial charge is 0.274 e. The van der Waals surface area contributed by atoms with Gasteiger partial charge in [-0.1, -0.05) is 25.4 Å². The van der Waals surface area contributed by atoms with Crippen LogP contribution in [0, 0.1) is 0 Å². The van der Waals surface area contributed by atoms with Crippen molar-refractivity contribution < 1.29 is 13.2 Å². The fraction of sp³-hybridized carbons (Fsp3) is 0.643. The highest BCUT2D eigenvalue weighted by Gasteiger charge is 2.30. The van der Waals surface area contributed by atoms with E-state index < -0.39 is 15.1 Å². The maximum absolute atomic E-state index is 12.6. The van der Waals surface area contributed by atoms with Crippen LogP contribution in [-0.2, 0) is 9.84 Å². The van der Waals surface area contributed by atoms with Crippen LogP contribution in [-0.4, -0.2) is 53.3 Å². The maximum atomic E-state index is 12.6. The predicted octanol–water partition coefficient (Wildman–Crippen LogP) is 1.90. The van der Waals surface area contributed by atoms with Crippen LogP contribution in [0.5, 0.6) is 0 Å². The molecule has 6 nitrogen and oxygen atoms in total. The molecule has 1 saturated heterocycles. The summed E-state index contributed by atoms with van der Waals surface area (Å²) >= 11 is 6.05. The molecule has 0 bridgehead atoms. The van der Waals surface area contributed by atoms with Crippen LogP contribution in [0.1, 0.15) is 49.4 Å². The summed E-state index contributed by atoms with van der Waals surface area (Å²) in [6.07, 6.45) is 1.85. The molecule has 8 heteroatoms. The van der Waals surface area contributed by atoms with Crippen molar-refractivity contribution in [3.63, 3.8) is 0 Å². The quantitative estimate of drug-likeness (QED) is 0.817. The van der Waals surface area contributed by atoms with Gasteiger partial charge in [-0.25, -0.2) is 18.4 Å². The highest BCUT2D eigenvalue weighted by Crippen LogP contribution is 2.20. The SMILES string of the molecule is CC(C)c1ncc(Cl)c(C(=O)N2CCC(C)S(=O)(=O)CC2)n1. The van der Waals surface area contributed by atoms with E-state index in [0.29, 0.717) is 18.8 Å². The Bertz CT molecular complexity index is 676. The Morgan fingerprint density at radius 1 is 1.41 bits per heavy atom. The second-order valence-electron chi connectivity index (χ2n) is 5.84. The second kappa shape index (κ2) is 6.50. The highest BCUT2D eigenvalue weighted by atomic mass is 35.5. The lowest BCUT2D eigenvalue weighted by Crippen LogP contribution is -2.34. The first-order valence-corrected chi connectivity index (χ1v) is 9.35. The normalized spacial score (nSPS) is 21.7. The molecule has 1 aliphatic heterocycles. The van der Waals surface area contributed by atoms with Crippen molar-refractivity contribution in [2.24, 2.45) is 0 Å². The second-order valence-corrected chi connectivity index (χ2v) is 8.78. The summed E-state index contributed by atoms with van der Waals surface area (Å²) in [5.74, 6) is 0.259. The molecule has 0 saturated carbocycles. The fourth-order valence-electron chi connectivity index (χ4n) is 2.23. The van der Waals surface area contributed by atoms with Crippen molar-refractivity contribution in [1.82, 2.24) is 14.9 Å². The number of rotatable bonds is 2. The number of amides is 1. The molecule has 0 N–H and O–H groups in total. The van der Waals surface area contributed by atoms with Crippen molar-refractivity contribution in [2.75, 3.05) is 18.8 Å². The summed E-state index contributed by atoms with van der Waals surface area (Å²) in [6, 6.07) is 0. The molecule has 1 unspecified atom stereocenters. The van der Waals surface area contributed by atoms with E-state index in [0.717, 1.165) is 0 Å². The Kier molecular flexibility index (Phi) is 5.07. The molecule has 0 aliphatic carbocycles. The molecule has 122 valence electrons. The van der Waals surface area contributed by atoms with Gasteiger partial charge in [-0.2, -0.15) is 0 Å². The number of nitrogens with zero attached hydrogens (tertiary/aromatic N) is 3. The maximum Gasteiger partial charge on any atom is 0.274 e. The van der Waals surface area contributed by atoms with E-state index in [1.165, 1.54) is 11.1 Å². The van der Waals surface area contributed by atoms with E-state index in [9.17, 15) is 13.2 Å². The number of carbonyl (C=O) groups is 1. The van der Waals surface area contributed by atoms with Crippen molar-refractivity contribution >= 4 is 27.3 Å². The van der Waals surface area contributed by atoms with Gasteiger partial charge in [0.15, 0.2) is 15.5 Å². The van der Waals surface area contributed by atoms with Crippen LogP contribution < -0.4 is 0 Å². The number of hydrogen-bond acceptors (Lipinski definition) is 5. The molecule has 0 aromatic carbocycles. The molecule has 1 aromatic heterocycles. The predicted molar refractivity (Wildman–Crippen MR) is 84.9 cm³/mol. The van der Waals surface area contributed by atoms with E-state index >= 15 is 0 Å². The zero-order valence-corrected chi connectivity index (χ0v) is 14.5. The average Bonchev–Trinajstić information content (AvgIpc) is 2.58. The van der Waals surface area contributed by atoms with Gasteiger partial charge in [-0.3, -0.25) is 4.79 Å². The van der Waals surface area contributed by atoms with Gasteiger partial charge in [0.2, 0.25) is 0 Å². The molecule has 1 aromatic rings. The average molecular weight is 346 g/mol. The molecule has 1 amide bonds. The number of sulfone groups is 1. The standard InChI is InChI=1S/C14H20ClN3O3S/c1-9(2)13-16-8-11(15)12(17-13)14(19)18-5-4-10(3)22(20,21)7-6-18/h8-10H,4-7H2,1-3H3. The van der Waals surface area contributed by atoms with E-state index in [1.54, 1.807) is 6.92 Å². The van der Waals surface area contributed by atoms with E-state index in [1.807, 2.05) is 13.8 Å². The van der Waals surface area contributed by atoms with Crippen molar-refractivity contribution in [1.29, 1.82) is 0 Å². The van der Waals surface area contributed by atoms with Crippen LogP contribution >= 0.6 is 11.6 Å². The fourth-order valence-corrected chi connectivity index (χ4v) is 3.74. The largest absolute Gasteiger partial charge is 0.336 e. The lowest BCUT2D eigenvalue weighted by Gasteiger charge is -2.20. The van der Waals surface area contributed by atoms with E-state index in [4.69, 9.17) is 11.6 Å². The Labute approximate surface area is 135 Å². The Morgan fingerprint density at radius 2 is 2.09 bits per heavy atom. The van der Waals surface area contributed by atoms with Crippen molar-refractivity contribution in [2.45, 2.75) is 38.4 Å². The summed E-state index contributed by atoms with van der Waals surface area (Å²) in [5.41, 5.74) is 0.146. The molecule has 0 radical (unpaired) electrons. The van der Waals surface area contributed by atoms with Gasteiger partial charge in [0.05, 0.1) is 22.2 Å². The molecule has 1 aliphatic rings. The molecular weight excluding hydrogens is 326 g/mol. The van der Waals surface area contributed by atoms with Crippen LogP contribution in [0.15, 0.2) is 6.20 Å². The molecule has 22 heavy (non-hydrogen) atoms. The topological polar surface area (TPSA) is 80.2 Å². The molecule has 2 rings (SSSR count). The monoisotopic (exact) mass is 345 g/mol. The lowest BCUT2D eigenvalue weighted by molar-refractivity contribution is 0.0760. The summed E-state index contributed by atoms with van der Waals surface area (Å²) < 4.78 is 23.9. The number of aromatic nitrogens is 2. The summed E-state index contributed by atoms with van der Waals surface area (Å²) in [4.78, 5) is 22.5. The van der Waals surface area contributed by atoms with Gasteiger partial charge in [-0.15, -0.1) is 0 Å². The van der Waals surface area contributed by atoms with Crippen LogP contribution in [0.4, 0.5) is 0 Å². The Morgan fingerprint density at radius 3 is 2.73 bits per heavy atom. The van der Waals surface area contributed by atoms with Crippen molar-refractivity contribution in [3.8, 4) is 0 Å². The first kappa shape index (κ1) is 17.1. The third kappa shape index (κ3) is 3.57. The van der Waals surface area contributed by atoms with Crippen LogP contribution in [0.25, 0.3) is 0 Å². The third-order valence-electron chi connectivity index (χ3n) is 3.83. The highest BCUT2D eigenvalue weighted by molar-refractivity contribution is 7.92. The minimum atomic E-state index is -3.14. The van der Waals surface area contributed by atoms with E-state index in [-0.39, 0.29) is 34.8 Å². The van der Waals surface area contributed by atoms with Gasteiger partial charge < -0.3 is 4.90 Å². The molecular formula is C14H20ClN3O3S. The van der Waals surface area contributed by atoms with Crippen molar-refractivity contribution in [3.05, 3.63) is 22.7 Å². The van der Waals surface area contributed by atoms with Crippen LogP contribution in [0.3, 0.4) is 0 Å². The number of halogens is 1. The molecule has 1 fully saturated rings. The summed E-state index contributed by atoms with van der Waals surface area (Å²) in [7, 11) is -3.14. The number of carbonyl (C=O) groups excluding carboxylic acids is 1. The zero-order valence-electron chi connectivity index (χ0n) is 12.9. The minimum Gasteiger partial charge on any atom is -0.336 e. The Balaban J connectivity index is 2.27. The molecule has 2 heterocycles. The zero-order chi connectivity index (χ0) is 16.5. The van der Waals surface area contributed by atoms with E-state index in [2.05, 4.69) is 9.97 Å². The third-order valence-corrected chi connectivity index (χ3v) is 6.32. The lowest BCUT2D eigenvalue weighted by atomic mass is 10.2. The minimum absolute atomic E-state index is 0.0281. The first-order chi connectivity index (χ1) is 10.2. The van der Waals surface area contributed by atoms with Gasteiger partial charge in [-0.05, 0) is 13.3 Å². The summed E-state index contributed by atoms with van der Waals surface area (Å²) in [6.45, 7) is 6.09. The Hall–Kier alpha value is -1.21. The van der Waals surface area contributed by atoms with Gasteiger partial charge in [0, 0.05) is 19.0 Å². The molecule has 1 atom stereocenters. The first-order valence-electron chi connectivity index (χ1n) is 7.25. The summed E-state index contributed by atoms with van der Waals surface area (Å²) in [5, 5.41) is -0.244. The van der Waals surface area contributed by atoms with Crippen LogP contribution in [0.2, 0.25) is 5.02 Å². The van der Waals surface area contributed by atoms with Gasteiger partial charge in [0.1, 0.15) is 5.82 Å². The van der Waals surface area contributed by atoms with Gasteiger partial charge in [0.25, 0.3) is 5.91 Å².